The number of hydrogen-bond donors (Lipinski definition) is 0. The molecule has 0 spiro atoms. The monoisotopic (exact) mass is 249 g/mol. The van der Waals surface area contributed by atoms with Gasteiger partial charge in [0.25, 0.3) is 0 Å². The summed E-state index contributed by atoms with van der Waals surface area (Å²) in [6.45, 7) is 0. The van der Waals surface area contributed by atoms with Crippen molar-refractivity contribution in [1.29, 1.82) is 0 Å². The molecule has 3 nitrogen and oxygen atoms in total. The Morgan fingerprint density at radius 1 is 0.600 bits per heavy atom. The zero-order valence-corrected chi connectivity index (χ0v) is 6.59. The van der Waals surface area contributed by atoms with Crippen molar-refractivity contribution in [2.75, 3.05) is 0 Å². The largest absolute Gasteiger partial charge is 0.412 e. The normalized spacial score (nSPS) is 0. The van der Waals surface area contributed by atoms with Gasteiger partial charge in [0.05, 0.1) is 0 Å². The summed E-state index contributed by atoms with van der Waals surface area (Å²) in [7, 11) is 0. The Hall–Kier alpha value is 0.750. The molecule has 0 radical (unpaired) electrons. The zero-order valence-electron chi connectivity index (χ0n) is 3.00. The van der Waals surface area contributed by atoms with Crippen molar-refractivity contribution in [2.45, 2.75) is 0 Å². The second kappa shape index (κ2) is 119. The molecule has 0 fully saturated rings. The van der Waals surface area contributed by atoms with E-state index in [-0.39, 0.29) is 49.7 Å². The van der Waals surface area contributed by atoms with E-state index in [1.807, 2.05) is 0 Å². The molecule has 0 bridgehead atoms. The van der Waals surface area contributed by atoms with E-state index in [4.69, 9.17) is 0 Å². The third kappa shape index (κ3) is 63.8. The van der Waals surface area contributed by atoms with Gasteiger partial charge in [-0.15, -0.1) is 0 Å². The van der Waals surface area contributed by atoms with Crippen LogP contribution >= 0.6 is 0 Å². The molecule has 0 rings (SSSR count). The first-order chi connectivity index (χ1) is 0. The summed E-state index contributed by atoms with van der Waals surface area (Å²) in [6.07, 6.45) is 0. The fourth-order valence-electron chi connectivity index (χ4n) is 0. The van der Waals surface area contributed by atoms with Crippen LogP contribution in [0, 0.1) is 7.43 Å². The average Bonchev–Trinajstić information content (AvgIpc) is 0. The number of rotatable bonds is 0. The molecule has 0 unspecified atom stereocenters. The molecule has 4 heteroatoms. The van der Waals surface area contributed by atoms with Crippen LogP contribution in [0.3, 0.4) is 0 Å². The molecular formula is CH9HfO3-. The summed E-state index contributed by atoms with van der Waals surface area (Å²) in [6, 6.07) is 0. The number of hydrogen-bond acceptors (Lipinski definition) is 0. The van der Waals surface area contributed by atoms with Crippen LogP contribution in [0.5, 0.6) is 0 Å². The second-order valence-corrected chi connectivity index (χ2v) is 0. The molecule has 0 saturated carbocycles. The van der Waals surface area contributed by atoms with Crippen LogP contribution in [0.15, 0.2) is 0 Å². The van der Waals surface area contributed by atoms with Gasteiger partial charge in [0.15, 0.2) is 0 Å². The van der Waals surface area contributed by atoms with E-state index in [0.717, 1.165) is 0 Å². The maximum absolute atomic E-state index is 0. The molecule has 36 valence electrons. The Morgan fingerprint density at radius 2 is 0.600 bits per heavy atom. The minimum atomic E-state index is 0. The fourth-order valence-corrected chi connectivity index (χ4v) is 0. The molecule has 0 aliphatic rings. The maximum atomic E-state index is 0. The van der Waals surface area contributed by atoms with E-state index in [0.29, 0.717) is 0 Å². The van der Waals surface area contributed by atoms with E-state index in [2.05, 4.69) is 0 Å². The van der Waals surface area contributed by atoms with Crippen LogP contribution in [0.4, 0.5) is 0 Å². The van der Waals surface area contributed by atoms with Crippen LogP contribution in [0.25, 0.3) is 0 Å². The first-order valence-corrected chi connectivity index (χ1v) is 0. The molecule has 0 aromatic heterocycles. The van der Waals surface area contributed by atoms with Crippen LogP contribution in [-0.4, -0.2) is 16.4 Å². The van der Waals surface area contributed by atoms with E-state index in [9.17, 15) is 0 Å². The summed E-state index contributed by atoms with van der Waals surface area (Å²) < 4.78 is 0. The van der Waals surface area contributed by atoms with Crippen molar-refractivity contribution < 1.29 is 42.3 Å². The van der Waals surface area contributed by atoms with Gasteiger partial charge in [-0.25, -0.2) is 0 Å². The van der Waals surface area contributed by atoms with Gasteiger partial charge < -0.3 is 23.9 Å². The Labute approximate surface area is 50.1 Å². The predicted octanol–water partition coefficient (Wildman–Crippen LogP) is -2.03. The smallest absolute Gasteiger partial charge is 0 e. The van der Waals surface area contributed by atoms with Crippen molar-refractivity contribution in [2.24, 2.45) is 0 Å². The Kier molecular flexibility index (Phi) is 5470. The molecule has 0 atom stereocenters. The van der Waals surface area contributed by atoms with Crippen molar-refractivity contribution in [1.82, 2.24) is 0 Å². The van der Waals surface area contributed by atoms with Gasteiger partial charge in [-0.3, -0.25) is 0 Å². The summed E-state index contributed by atoms with van der Waals surface area (Å²) in [5.74, 6) is 0. The van der Waals surface area contributed by atoms with Crippen LogP contribution in [0.2, 0.25) is 0 Å². The molecule has 0 aromatic rings. The Bertz CT molecular complexity index is 6.85. The summed E-state index contributed by atoms with van der Waals surface area (Å²) in [5, 5.41) is 0. The molecule has 0 aliphatic heterocycles. The maximum Gasteiger partial charge on any atom is 0 e. The second-order valence-electron chi connectivity index (χ2n) is 0. The first-order valence-electron chi connectivity index (χ1n) is 0. The van der Waals surface area contributed by atoms with Gasteiger partial charge in [0.1, 0.15) is 0 Å². The average molecular weight is 248 g/mol. The zero-order chi connectivity index (χ0) is 0. The first kappa shape index (κ1) is 231. The van der Waals surface area contributed by atoms with Crippen LogP contribution in [-0.2, 0) is 25.8 Å². The van der Waals surface area contributed by atoms with Gasteiger partial charge >= 0.3 is 0 Å². The topological polar surface area (TPSA) is 94.5 Å². The van der Waals surface area contributed by atoms with E-state index in [1.165, 1.54) is 0 Å². The molecule has 6 N–H and O–H groups in total. The van der Waals surface area contributed by atoms with E-state index >= 15 is 0 Å². The quantitative estimate of drug-likeness (QED) is 0.349. The third-order valence-corrected chi connectivity index (χ3v) is 0. The minimum absolute atomic E-state index is 0. The Morgan fingerprint density at radius 3 is 0.600 bits per heavy atom. The van der Waals surface area contributed by atoms with E-state index < -0.39 is 0 Å². The SMILES string of the molecule is O.O.O.[CH3-].[Hf]. The third-order valence-electron chi connectivity index (χ3n) is 0. The summed E-state index contributed by atoms with van der Waals surface area (Å²) in [5.41, 5.74) is 0. The van der Waals surface area contributed by atoms with Gasteiger partial charge in [-0.05, 0) is 0 Å². The summed E-state index contributed by atoms with van der Waals surface area (Å²) in [4.78, 5) is 0. The predicted molar refractivity (Wildman–Crippen MR) is 17.3 cm³/mol. The molecule has 0 aliphatic carbocycles. The van der Waals surface area contributed by atoms with Gasteiger partial charge in [0.2, 0.25) is 0 Å². The molecule has 0 heterocycles. The molecular weight excluding hydrogens is 238 g/mol. The molecule has 0 saturated heterocycles. The minimum Gasteiger partial charge on any atom is -0.412 e. The van der Waals surface area contributed by atoms with Gasteiger partial charge in [-0.2, -0.15) is 0 Å². The van der Waals surface area contributed by atoms with Crippen molar-refractivity contribution in [3.05, 3.63) is 7.43 Å². The van der Waals surface area contributed by atoms with Gasteiger partial charge in [0, 0.05) is 25.8 Å². The summed E-state index contributed by atoms with van der Waals surface area (Å²) >= 11 is 0. The molecule has 5 heavy (non-hydrogen) atoms. The van der Waals surface area contributed by atoms with Crippen molar-refractivity contribution >= 4 is 0 Å². The van der Waals surface area contributed by atoms with Crippen molar-refractivity contribution in [3.8, 4) is 0 Å². The Balaban J connectivity index is 0. The fraction of sp³-hybridized carbons (Fsp3) is 0. The molecule has 0 aromatic carbocycles. The van der Waals surface area contributed by atoms with Crippen LogP contribution in [0.1, 0.15) is 0 Å². The van der Waals surface area contributed by atoms with Gasteiger partial charge in [-0.1, -0.05) is 0 Å². The van der Waals surface area contributed by atoms with E-state index in [1.54, 1.807) is 0 Å². The van der Waals surface area contributed by atoms with Crippen molar-refractivity contribution in [3.63, 3.8) is 0 Å². The standard InChI is InChI=1S/CH3.Hf.3H2O/h1H3;;3*1H2/q-1;;;;. The van der Waals surface area contributed by atoms with Crippen LogP contribution < -0.4 is 0 Å². The molecule has 0 amide bonds.